The van der Waals surface area contributed by atoms with Crippen LogP contribution in [-0.4, -0.2) is 17.0 Å². The molecule has 110 valence electrons. The molecule has 21 heavy (non-hydrogen) atoms. The minimum absolute atomic E-state index is 0.102. The van der Waals surface area contributed by atoms with E-state index in [0.717, 1.165) is 4.88 Å². The predicted octanol–water partition coefficient (Wildman–Crippen LogP) is 3.16. The lowest BCUT2D eigenvalue weighted by Crippen LogP contribution is -2.08. The molecule has 1 aromatic carbocycles. The van der Waals surface area contributed by atoms with Crippen molar-refractivity contribution in [1.29, 1.82) is 0 Å². The molecule has 0 radical (unpaired) electrons. The Kier molecular flexibility index (Phi) is 4.54. The summed E-state index contributed by atoms with van der Waals surface area (Å²) in [6.45, 7) is 1.72. The van der Waals surface area contributed by atoms with Gasteiger partial charge in [0.1, 0.15) is 5.82 Å². The van der Waals surface area contributed by atoms with Crippen LogP contribution < -0.4 is 10.6 Å². The minimum atomic E-state index is -0.966. The molecule has 0 fully saturated rings. The van der Waals surface area contributed by atoms with Crippen LogP contribution >= 0.6 is 11.3 Å². The molecule has 1 heterocycles. The van der Waals surface area contributed by atoms with Crippen LogP contribution in [0.5, 0.6) is 0 Å². The predicted molar refractivity (Wildman–Crippen MR) is 79.3 cm³/mol. The normalized spacial score (nSPS) is 10.2. The van der Waals surface area contributed by atoms with E-state index in [1.165, 1.54) is 30.4 Å². The second kappa shape index (κ2) is 6.36. The summed E-state index contributed by atoms with van der Waals surface area (Å²) in [4.78, 5) is 22.6. The van der Waals surface area contributed by atoms with E-state index in [4.69, 9.17) is 5.11 Å². The van der Waals surface area contributed by atoms with Crippen molar-refractivity contribution in [2.24, 2.45) is 0 Å². The minimum Gasteiger partial charge on any atom is -0.478 e. The van der Waals surface area contributed by atoms with E-state index in [1.807, 2.05) is 0 Å². The van der Waals surface area contributed by atoms with Gasteiger partial charge in [-0.2, -0.15) is 0 Å². The van der Waals surface area contributed by atoms with Crippen molar-refractivity contribution in [3.8, 4) is 0 Å². The molecule has 1 aromatic heterocycles. The molecule has 5 nitrogen and oxygen atoms in total. The van der Waals surface area contributed by atoms with E-state index in [0.29, 0.717) is 12.2 Å². The number of carboxylic acids is 1. The van der Waals surface area contributed by atoms with Gasteiger partial charge < -0.3 is 15.7 Å². The van der Waals surface area contributed by atoms with E-state index in [1.54, 1.807) is 17.5 Å². The van der Waals surface area contributed by atoms with Crippen LogP contribution in [-0.2, 0) is 11.3 Å². The van der Waals surface area contributed by atoms with Crippen molar-refractivity contribution >= 4 is 34.6 Å². The van der Waals surface area contributed by atoms with Crippen LogP contribution in [0.2, 0.25) is 0 Å². The van der Waals surface area contributed by atoms with Crippen LogP contribution in [0.1, 0.15) is 22.2 Å². The van der Waals surface area contributed by atoms with E-state index in [9.17, 15) is 14.0 Å². The van der Waals surface area contributed by atoms with Crippen molar-refractivity contribution in [1.82, 2.24) is 0 Å². The Morgan fingerprint density at radius 3 is 2.71 bits per heavy atom. The number of hydrogen-bond donors (Lipinski definition) is 3. The van der Waals surface area contributed by atoms with Crippen molar-refractivity contribution in [2.75, 3.05) is 10.6 Å². The number of carboxylic acid groups (broad SMARTS) is 1. The summed E-state index contributed by atoms with van der Waals surface area (Å²) in [7, 11) is 0. The van der Waals surface area contributed by atoms with Gasteiger partial charge in [0.2, 0.25) is 5.91 Å². The summed E-state index contributed by atoms with van der Waals surface area (Å²) in [6, 6.07) is 5.87. The zero-order valence-electron chi connectivity index (χ0n) is 11.1. The number of hydrogen-bond acceptors (Lipinski definition) is 4. The second-order valence-corrected chi connectivity index (χ2v) is 5.33. The maximum absolute atomic E-state index is 13.5. The molecule has 0 saturated carbocycles. The highest BCUT2D eigenvalue weighted by Gasteiger charge is 2.08. The molecular weight excluding hydrogens is 295 g/mol. The van der Waals surface area contributed by atoms with Crippen LogP contribution in [0.15, 0.2) is 29.6 Å². The number of halogens is 1. The average molecular weight is 308 g/mol. The molecule has 2 aromatic rings. The third-order valence-electron chi connectivity index (χ3n) is 2.64. The van der Waals surface area contributed by atoms with Crippen LogP contribution in [0, 0.1) is 5.82 Å². The van der Waals surface area contributed by atoms with Gasteiger partial charge in [0.15, 0.2) is 0 Å². The molecule has 2 rings (SSSR count). The number of rotatable bonds is 5. The summed E-state index contributed by atoms with van der Waals surface area (Å²) < 4.78 is 13.5. The van der Waals surface area contributed by atoms with E-state index in [-0.39, 0.29) is 17.2 Å². The van der Waals surface area contributed by atoms with Gasteiger partial charge in [-0.25, -0.2) is 9.18 Å². The number of thiophene rings is 1. The smallest absolute Gasteiger partial charge is 0.336 e. The second-order valence-electron chi connectivity index (χ2n) is 4.34. The summed E-state index contributed by atoms with van der Waals surface area (Å²) in [5.41, 5.74) is 0.977. The summed E-state index contributed by atoms with van der Waals surface area (Å²) in [5, 5.41) is 15.9. The third kappa shape index (κ3) is 4.03. The highest BCUT2D eigenvalue weighted by Crippen LogP contribution is 2.21. The Hall–Kier alpha value is -2.41. The fourth-order valence-electron chi connectivity index (χ4n) is 1.70. The molecule has 0 saturated heterocycles. The van der Waals surface area contributed by atoms with Crippen LogP contribution in [0.4, 0.5) is 15.8 Å². The fraction of sp³-hybridized carbons (Fsp3) is 0.143. The van der Waals surface area contributed by atoms with Crippen molar-refractivity contribution in [2.45, 2.75) is 13.5 Å². The molecule has 0 atom stereocenters. The molecule has 7 heteroatoms. The fourth-order valence-corrected chi connectivity index (χ4v) is 2.49. The van der Waals surface area contributed by atoms with Gasteiger partial charge in [0, 0.05) is 29.4 Å². The molecule has 0 aliphatic carbocycles. The molecule has 1 amide bonds. The highest BCUT2D eigenvalue weighted by atomic mass is 32.1. The first-order valence-electron chi connectivity index (χ1n) is 6.07. The van der Waals surface area contributed by atoms with Crippen LogP contribution in [0.25, 0.3) is 0 Å². The van der Waals surface area contributed by atoms with Gasteiger partial charge >= 0.3 is 5.97 Å². The van der Waals surface area contributed by atoms with Gasteiger partial charge in [0.25, 0.3) is 0 Å². The lowest BCUT2D eigenvalue weighted by molar-refractivity contribution is -0.114. The van der Waals surface area contributed by atoms with E-state index >= 15 is 0 Å². The lowest BCUT2D eigenvalue weighted by Gasteiger charge is -2.09. The standard InChI is InChI=1S/C14H13FN2O3S/c1-8(18)17-13-5-10(2-3-12(13)15)16-6-11-4-9(7-21-11)14(19)20/h2-5,7,16H,6H2,1H3,(H,17,18)(H,19,20). The molecule has 3 N–H and O–H groups in total. The first-order valence-corrected chi connectivity index (χ1v) is 6.95. The number of benzene rings is 1. The van der Waals surface area contributed by atoms with Crippen molar-refractivity contribution < 1.29 is 19.1 Å². The topological polar surface area (TPSA) is 78.4 Å². The summed E-state index contributed by atoms with van der Waals surface area (Å²) in [5.74, 6) is -1.83. The molecule has 0 spiro atoms. The zero-order chi connectivity index (χ0) is 15.4. The Morgan fingerprint density at radius 2 is 2.10 bits per heavy atom. The Labute approximate surface area is 124 Å². The Morgan fingerprint density at radius 1 is 1.33 bits per heavy atom. The van der Waals surface area contributed by atoms with Crippen molar-refractivity contribution in [3.63, 3.8) is 0 Å². The molecular formula is C14H13FN2O3S. The zero-order valence-corrected chi connectivity index (χ0v) is 12.0. The molecule has 0 bridgehead atoms. The number of carbonyl (C=O) groups excluding carboxylic acids is 1. The van der Waals surface area contributed by atoms with Gasteiger partial charge in [-0.05, 0) is 24.3 Å². The first-order chi connectivity index (χ1) is 9.95. The van der Waals surface area contributed by atoms with Gasteiger partial charge in [0.05, 0.1) is 11.3 Å². The monoisotopic (exact) mass is 308 g/mol. The van der Waals surface area contributed by atoms with Crippen LogP contribution in [0.3, 0.4) is 0 Å². The molecule has 0 unspecified atom stereocenters. The summed E-state index contributed by atoms with van der Waals surface area (Å²) in [6.07, 6.45) is 0. The Balaban J connectivity index is 2.05. The maximum Gasteiger partial charge on any atom is 0.336 e. The van der Waals surface area contributed by atoms with Gasteiger partial charge in [-0.3, -0.25) is 4.79 Å². The number of anilines is 2. The maximum atomic E-state index is 13.5. The highest BCUT2D eigenvalue weighted by molar-refractivity contribution is 7.10. The largest absolute Gasteiger partial charge is 0.478 e. The molecule has 0 aliphatic heterocycles. The first kappa shape index (κ1) is 15.0. The Bertz CT molecular complexity index is 685. The number of carbonyl (C=O) groups is 2. The number of amides is 1. The SMILES string of the molecule is CC(=O)Nc1cc(NCc2cc(C(=O)O)cs2)ccc1F. The third-order valence-corrected chi connectivity index (χ3v) is 3.58. The quantitative estimate of drug-likeness (QED) is 0.793. The van der Waals surface area contributed by atoms with Gasteiger partial charge in [-0.1, -0.05) is 0 Å². The average Bonchev–Trinajstić information content (AvgIpc) is 2.88. The van der Waals surface area contributed by atoms with Crippen molar-refractivity contribution in [3.05, 3.63) is 45.9 Å². The van der Waals surface area contributed by atoms with E-state index < -0.39 is 11.8 Å². The van der Waals surface area contributed by atoms with Gasteiger partial charge in [-0.15, -0.1) is 11.3 Å². The summed E-state index contributed by atoms with van der Waals surface area (Å²) >= 11 is 1.33. The van der Waals surface area contributed by atoms with E-state index in [2.05, 4.69) is 10.6 Å². The molecule has 0 aliphatic rings. The lowest BCUT2D eigenvalue weighted by atomic mass is 10.2. The number of nitrogens with one attached hydrogen (secondary N) is 2. The number of aromatic carboxylic acids is 1.